The molecule has 1 N–H and O–H groups in total. The average molecular weight is 341 g/mol. The summed E-state index contributed by atoms with van der Waals surface area (Å²) in [6.45, 7) is 5.45. The number of nitrogens with one attached hydrogen (secondary N) is 1. The maximum Gasteiger partial charge on any atom is 0.258 e. The number of nitrogens with zero attached hydrogens (tertiary/aromatic N) is 1. The van der Waals surface area contributed by atoms with Crippen molar-refractivity contribution in [1.29, 1.82) is 0 Å². The maximum atomic E-state index is 11.9. The quantitative estimate of drug-likeness (QED) is 0.894. The van der Waals surface area contributed by atoms with Gasteiger partial charge in [-0.25, -0.2) is 0 Å². The van der Waals surface area contributed by atoms with Gasteiger partial charge < -0.3 is 15.0 Å². The van der Waals surface area contributed by atoms with Crippen molar-refractivity contribution in [2.45, 2.75) is 25.8 Å². The van der Waals surface area contributed by atoms with Gasteiger partial charge in [0.25, 0.3) is 5.91 Å². The lowest BCUT2D eigenvalue weighted by Gasteiger charge is -2.31. The molecule has 4 nitrogen and oxygen atoms in total. The van der Waals surface area contributed by atoms with Gasteiger partial charge in [-0.1, -0.05) is 19.1 Å². The van der Waals surface area contributed by atoms with Gasteiger partial charge in [0, 0.05) is 19.1 Å². The average Bonchev–Trinajstić information content (AvgIpc) is 2.47. The van der Waals surface area contributed by atoms with E-state index in [-0.39, 0.29) is 18.6 Å². The van der Waals surface area contributed by atoms with Crippen LogP contribution in [-0.2, 0) is 4.79 Å². The summed E-state index contributed by atoms with van der Waals surface area (Å²) < 4.78 is 6.38. The van der Waals surface area contributed by atoms with E-state index in [0.29, 0.717) is 5.75 Å². The van der Waals surface area contributed by atoms with Crippen LogP contribution in [0.4, 0.5) is 0 Å². The Hall–Kier alpha value is -1.07. The molecule has 2 rings (SSSR count). The van der Waals surface area contributed by atoms with Crippen LogP contribution in [0.5, 0.6) is 5.75 Å². The van der Waals surface area contributed by atoms with Gasteiger partial charge in [-0.2, -0.15) is 0 Å². The van der Waals surface area contributed by atoms with Crippen LogP contribution in [0.3, 0.4) is 0 Å². The molecule has 0 aromatic heterocycles. The van der Waals surface area contributed by atoms with Crippen LogP contribution in [0.25, 0.3) is 0 Å². The van der Waals surface area contributed by atoms with Crippen LogP contribution in [0, 0.1) is 0 Å². The second-order valence-corrected chi connectivity index (χ2v) is 5.85. The first-order valence-electron chi connectivity index (χ1n) is 7.08. The zero-order chi connectivity index (χ0) is 14.4. The van der Waals surface area contributed by atoms with Crippen molar-refractivity contribution in [3.8, 4) is 5.75 Å². The van der Waals surface area contributed by atoms with Crippen LogP contribution in [0.2, 0.25) is 0 Å². The van der Waals surface area contributed by atoms with E-state index >= 15 is 0 Å². The van der Waals surface area contributed by atoms with Crippen molar-refractivity contribution in [2.75, 3.05) is 26.2 Å². The Kier molecular flexibility index (Phi) is 5.86. The maximum absolute atomic E-state index is 11.9. The van der Waals surface area contributed by atoms with Gasteiger partial charge in [0.1, 0.15) is 5.75 Å². The molecule has 0 spiro atoms. The summed E-state index contributed by atoms with van der Waals surface area (Å²) in [6.07, 6.45) is 2.04. The van der Waals surface area contributed by atoms with Gasteiger partial charge in [-0.05, 0) is 47.4 Å². The van der Waals surface area contributed by atoms with Crippen molar-refractivity contribution >= 4 is 21.8 Å². The topological polar surface area (TPSA) is 41.6 Å². The summed E-state index contributed by atoms with van der Waals surface area (Å²) >= 11 is 3.40. The van der Waals surface area contributed by atoms with E-state index in [2.05, 4.69) is 33.1 Å². The fourth-order valence-corrected chi connectivity index (χ4v) is 2.77. The summed E-state index contributed by atoms with van der Waals surface area (Å²) in [4.78, 5) is 14.3. The minimum atomic E-state index is -0.0456. The zero-order valence-electron chi connectivity index (χ0n) is 11.8. The molecule has 1 fully saturated rings. The molecule has 1 aliphatic rings. The number of ether oxygens (including phenoxy) is 1. The van der Waals surface area contributed by atoms with Crippen molar-refractivity contribution in [3.63, 3.8) is 0 Å². The lowest BCUT2D eigenvalue weighted by atomic mass is 10.1. The number of halogens is 1. The molecule has 1 aromatic rings. The van der Waals surface area contributed by atoms with Crippen LogP contribution in [0.1, 0.15) is 19.8 Å². The van der Waals surface area contributed by atoms with E-state index in [0.717, 1.165) is 36.9 Å². The number of benzene rings is 1. The first-order chi connectivity index (χ1) is 9.69. The number of hydrogen-bond acceptors (Lipinski definition) is 3. The molecule has 1 heterocycles. The molecule has 0 atom stereocenters. The van der Waals surface area contributed by atoms with E-state index in [1.54, 1.807) is 0 Å². The molecular formula is C15H21BrN2O2. The number of likely N-dealkylation sites (tertiary alicyclic amines) is 1. The lowest BCUT2D eigenvalue weighted by Crippen LogP contribution is -2.45. The lowest BCUT2D eigenvalue weighted by molar-refractivity contribution is -0.124. The highest BCUT2D eigenvalue weighted by Crippen LogP contribution is 2.23. The van der Waals surface area contributed by atoms with Crippen molar-refractivity contribution < 1.29 is 9.53 Å². The first-order valence-corrected chi connectivity index (χ1v) is 7.87. The fraction of sp³-hybridized carbons (Fsp3) is 0.533. The number of para-hydroxylation sites is 1. The Bertz CT molecular complexity index is 445. The smallest absolute Gasteiger partial charge is 0.258 e. The van der Waals surface area contributed by atoms with E-state index < -0.39 is 0 Å². The van der Waals surface area contributed by atoms with E-state index in [9.17, 15) is 4.79 Å². The first kappa shape index (κ1) is 15.3. The molecule has 0 bridgehead atoms. The largest absolute Gasteiger partial charge is 0.483 e. The summed E-state index contributed by atoms with van der Waals surface area (Å²) in [5, 5.41) is 3.05. The summed E-state index contributed by atoms with van der Waals surface area (Å²) in [6, 6.07) is 7.83. The highest BCUT2D eigenvalue weighted by Gasteiger charge is 2.19. The fourth-order valence-electron chi connectivity index (χ4n) is 2.37. The van der Waals surface area contributed by atoms with Crippen LogP contribution in [0.15, 0.2) is 28.7 Å². The SMILES string of the molecule is CCN1CCC(NC(=O)COc2ccccc2Br)CC1. The molecule has 0 aliphatic carbocycles. The second-order valence-electron chi connectivity index (χ2n) is 5.00. The minimum absolute atomic E-state index is 0.0456. The Morgan fingerprint density at radius 2 is 2.10 bits per heavy atom. The van der Waals surface area contributed by atoms with Gasteiger partial charge in [0.15, 0.2) is 6.61 Å². The Labute approximate surface area is 128 Å². The normalized spacial score (nSPS) is 16.9. The third-order valence-electron chi connectivity index (χ3n) is 3.60. The number of amides is 1. The van der Waals surface area contributed by atoms with Crippen molar-refractivity contribution in [2.24, 2.45) is 0 Å². The van der Waals surface area contributed by atoms with Crippen LogP contribution >= 0.6 is 15.9 Å². The number of hydrogen-bond donors (Lipinski definition) is 1. The summed E-state index contributed by atoms with van der Waals surface area (Å²) in [5.74, 6) is 0.652. The zero-order valence-corrected chi connectivity index (χ0v) is 13.4. The van der Waals surface area contributed by atoms with E-state index in [1.165, 1.54) is 0 Å². The highest BCUT2D eigenvalue weighted by molar-refractivity contribution is 9.10. The molecule has 5 heteroatoms. The van der Waals surface area contributed by atoms with Gasteiger partial charge in [-0.15, -0.1) is 0 Å². The van der Waals surface area contributed by atoms with Crippen LogP contribution < -0.4 is 10.1 Å². The molecule has 20 heavy (non-hydrogen) atoms. The molecule has 1 aliphatic heterocycles. The Morgan fingerprint density at radius 1 is 1.40 bits per heavy atom. The molecular weight excluding hydrogens is 320 g/mol. The molecule has 0 saturated carbocycles. The highest BCUT2D eigenvalue weighted by atomic mass is 79.9. The molecule has 1 aromatic carbocycles. The Balaban J connectivity index is 1.72. The number of carbonyl (C=O) groups is 1. The number of carbonyl (C=O) groups excluding carboxylic acids is 1. The second kappa shape index (κ2) is 7.64. The summed E-state index contributed by atoms with van der Waals surface area (Å²) in [7, 11) is 0. The number of piperidine rings is 1. The monoisotopic (exact) mass is 340 g/mol. The van der Waals surface area contributed by atoms with E-state index in [1.807, 2.05) is 24.3 Å². The van der Waals surface area contributed by atoms with Crippen molar-refractivity contribution in [3.05, 3.63) is 28.7 Å². The Morgan fingerprint density at radius 3 is 2.75 bits per heavy atom. The van der Waals surface area contributed by atoms with Gasteiger partial charge in [-0.3, -0.25) is 4.79 Å². The van der Waals surface area contributed by atoms with Gasteiger partial charge in [0.2, 0.25) is 0 Å². The number of rotatable bonds is 5. The predicted molar refractivity (Wildman–Crippen MR) is 82.9 cm³/mol. The molecule has 1 saturated heterocycles. The van der Waals surface area contributed by atoms with Gasteiger partial charge >= 0.3 is 0 Å². The molecule has 0 unspecified atom stereocenters. The van der Waals surface area contributed by atoms with Gasteiger partial charge in [0.05, 0.1) is 4.47 Å². The standard InChI is InChI=1S/C15H21BrN2O2/c1-2-18-9-7-12(8-10-18)17-15(19)11-20-14-6-4-3-5-13(14)16/h3-6,12H,2,7-11H2,1H3,(H,17,19). The minimum Gasteiger partial charge on any atom is -0.483 e. The predicted octanol–water partition coefficient (Wildman–Crippen LogP) is 2.43. The van der Waals surface area contributed by atoms with E-state index in [4.69, 9.17) is 4.74 Å². The third kappa shape index (κ3) is 4.49. The third-order valence-corrected chi connectivity index (χ3v) is 4.25. The van der Waals surface area contributed by atoms with Crippen LogP contribution in [-0.4, -0.2) is 43.1 Å². The molecule has 110 valence electrons. The molecule has 0 radical (unpaired) electrons. The molecule has 1 amide bonds. The summed E-state index contributed by atoms with van der Waals surface area (Å²) in [5.41, 5.74) is 0. The van der Waals surface area contributed by atoms with Crippen molar-refractivity contribution in [1.82, 2.24) is 10.2 Å².